The first-order valence-electron chi connectivity index (χ1n) is 8.17. The topological polar surface area (TPSA) is 69.4 Å². The van der Waals surface area contributed by atoms with Crippen molar-refractivity contribution in [2.45, 2.75) is 32.0 Å². The molecule has 7 nitrogen and oxygen atoms in total. The van der Waals surface area contributed by atoms with Gasteiger partial charge < -0.3 is 14.2 Å². The predicted molar refractivity (Wildman–Crippen MR) is 88.9 cm³/mol. The Labute approximate surface area is 140 Å². The molecule has 1 fully saturated rings. The molecule has 1 aliphatic rings. The van der Waals surface area contributed by atoms with E-state index >= 15 is 0 Å². The van der Waals surface area contributed by atoms with Crippen molar-refractivity contribution in [2.24, 2.45) is 0 Å². The van der Waals surface area contributed by atoms with Gasteiger partial charge in [-0.3, -0.25) is 14.3 Å². The van der Waals surface area contributed by atoms with Crippen LogP contribution in [0.1, 0.15) is 23.2 Å². The summed E-state index contributed by atoms with van der Waals surface area (Å²) in [4.78, 5) is 26.6. The fourth-order valence-corrected chi connectivity index (χ4v) is 3.11. The van der Waals surface area contributed by atoms with Gasteiger partial charge in [-0.05, 0) is 25.0 Å². The normalized spacial score (nSPS) is 17.4. The van der Waals surface area contributed by atoms with Gasteiger partial charge in [0.25, 0.3) is 11.5 Å². The molecule has 1 saturated heterocycles. The Morgan fingerprint density at radius 3 is 3.04 bits per heavy atom. The maximum Gasteiger partial charge on any atom is 0.255 e. The lowest BCUT2D eigenvalue weighted by Gasteiger charge is -2.25. The number of rotatable bonds is 6. The van der Waals surface area contributed by atoms with Gasteiger partial charge in [0, 0.05) is 44.9 Å². The number of carbonyl (C=O) groups excluding carboxylic acids is 1. The van der Waals surface area contributed by atoms with Gasteiger partial charge in [-0.25, -0.2) is 0 Å². The highest BCUT2D eigenvalue weighted by Gasteiger charge is 2.30. The average molecular weight is 330 g/mol. The first-order chi connectivity index (χ1) is 11.7. The Morgan fingerprint density at radius 1 is 1.42 bits per heavy atom. The Bertz CT molecular complexity index is 739. The van der Waals surface area contributed by atoms with Gasteiger partial charge >= 0.3 is 0 Å². The molecule has 24 heavy (non-hydrogen) atoms. The second-order valence-electron chi connectivity index (χ2n) is 5.96. The summed E-state index contributed by atoms with van der Waals surface area (Å²) in [6.07, 6.45) is 7.24. The van der Waals surface area contributed by atoms with Crippen molar-refractivity contribution in [1.29, 1.82) is 0 Å². The highest BCUT2D eigenvalue weighted by atomic mass is 16.5. The van der Waals surface area contributed by atoms with Gasteiger partial charge in [0.15, 0.2) is 0 Å². The summed E-state index contributed by atoms with van der Waals surface area (Å²) in [6.45, 7) is 2.31. The Hall–Kier alpha value is -2.41. The zero-order valence-electron chi connectivity index (χ0n) is 13.8. The minimum absolute atomic E-state index is 0.0316. The highest BCUT2D eigenvalue weighted by molar-refractivity contribution is 5.94. The summed E-state index contributed by atoms with van der Waals surface area (Å²) < 4.78 is 8.39. The first-order valence-corrected chi connectivity index (χ1v) is 8.17. The Balaban J connectivity index is 1.76. The van der Waals surface area contributed by atoms with Crippen LogP contribution >= 0.6 is 0 Å². The molecular weight excluding hydrogens is 308 g/mol. The molecule has 2 aromatic rings. The summed E-state index contributed by atoms with van der Waals surface area (Å²) in [7, 11) is 1.59. The molecule has 0 bridgehead atoms. The van der Waals surface area contributed by atoms with E-state index in [2.05, 4.69) is 5.10 Å². The fourth-order valence-electron chi connectivity index (χ4n) is 3.11. The molecular formula is C17H22N4O3. The van der Waals surface area contributed by atoms with Gasteiger partial charge in [-0.2, -0.15) is 5.10 Å². The number of ether oxygens (including phenoxy) is 1. The highest BCUT2D eigenvalue weighted by Crippen LogP contribution is 2.21. The van der Waals surface area contributed by atoms with Crippen LogP contribution < -0.4 is 5.56 Å². The largest absolute Gasteiger partial charge is 0.383 e. The lowest BCUT2D eigenvalue weighted by Crippen LogP contribution is -2.38. The van der Waals surface area contributed by atoms with Gasteiger partial charge in [-0.1, -0.05) is 0 Å². The maximum absolute atomic E-state index is 12.9. The van der Waals surface area contributed by atoms with E-state index in [1.165, 1.54) is 10.6 Å². The molecule has 0 N–H and O–H groups in total. The minimum Gasteiger partial charge on any atom is -0.383 e. The molecule has 0 spiro atoms. The monoisotopic (exact) mass is 330 g/mol. The molecule has 2 aromatic heterocycles. The molecule has 1 amide bonds. The number of hydrogen-bond donors (Lipinski definition) is 0. The van der Waals surface area contributed by atoms with Crippen LogP contribution in [0.5, 0.6) is 0 Å². The van der Waals surface area contributed by atoms with Crippen molar-refractivity contribution < 1.29 is 9.53 Å². The third kappa shape index (κ3) is 3.56. The maximum atomic E-state index is 12.9. The number of pyridine rings is 1. The van der Waals surface area contributed by atoms with Crippen molar-refractivity contribution in [3.63, 3.8) is 0 Å². The van der Waals surface area contributed by atoms with E-state index in [-0.39, 0.29) is 17.5 Å². The number of nitrogens with zero attached hydrogens (tertiary/aromatic N) is 4. The predicted octanol–water partition coefficient (Wildman–Crippen LogP) is 0.996. The van der Waals surface area contributed by atoms with Crippen molar-refractivity contribution >= 4 is 5.91 Å². The quantitative estimate of drug-likeness (QED) is 0.792. The van der Waals surface area contributed by atoms with Gasteiger partial charge in [0.1, 0.15) is 0 Å². The molecule has 0 unspecified atom stereocenters. The minimum atomic E-state index is -0.127. The van der Waals surface area contributed by atoms with Crippen molar-refractivity contribution in [3.05, 3.63) is 52.7 Å². The SMILES string of the molecule is COCCn1cc(C(=O)N2CCC[C@@H]2Cn2cccn2)ccc1=O. The first kappa shape index (κ1) is 16.4. The van der Waals surface area contributed by atoms with E-state index in [1.54, 1.807) is 25.6 Å². The number of hydrogen-bond acceptors (Lipinski definition) is 4. The van der Waals surface area contributed by atoms with Crippen LogP contribution in [-0.2, 0) is 17.8 Å². The van der Waals surface area contributed by atoms with E-state index in [1.807, 2.05) is 21.8 Å². The smallest absolute Gasteiger partial charge is 0.255 e. The van der Waals surface area contributed by atoms with Gasteiger partial charge in [0.2, 0.25) is 0 Å². The molecule has 128 valence electrons. The van der Waals surface area contributed by atoms with Crippen molar-refractivity contribution in [1.82, 2.24) is 19.2 Å². The van der Waals surface area contributed by atoms with Crippen LogP contribution in [-0.4, -0.2) is 51.5 Å². The Morgan fingerprint density at radius 2 is 2.29 bits per heavy atom. The molecule has 0 saturated carbocycles. The fraction of sp³-hybridized carbons (Fsp3) is 0.471. The van der Waals surface area contributed by atoms with Crippen LogP contribution in [0.3, 0.4) is 0 Å². The third-order valence-electron chi connectivity index (χ3n) is 4.36. The summed E-state index contributed by atoms with van der Waals surface area (Å²) in [5.74, 6) is -0.0316. The molecule has 0 radical (unpaired) electrons. The second kappa shape index (κ2) is 7.44. The summed E-state index contributed by atoms with van der Waals surface area (Å²) >= 11 is 0. The summed E-state index contributed by atoms with van der Waals surface area (Å²) in [5, 5.41) is 4.23. The molecule has 7 heteroatoms. The van der Waals surface area contributed by atoms with Crippen LogP contribution in [0.2, 0.25) is 0 Å². The lowest BCUT2D eigenvalue weighted by molar-refractivity contribution is 0.0720. The number of methoxy groups -OCH3 is 1. The molecule has 3 rings (SSSR count). The number of likely N-dealkylation sites (tertiary alicyclic amines) is 1. The average Bonchev–Trinajstić information content (AvgIpc) is 3.26. The van der Waals surface area contributed by atoms with Crippen LogP contribution in [0.25, 0.3) is 0 Å². The molecule has 1 atom stereocenters. The lowest BCUT2D eigenvalue weighted by atomic mass is 10.2. The number of amides is 1. The molecule has 0 aromatic carbocycles. The zero-order chi connectivity index (χ0) is 16.9. The van der Waals surface area contributed by atoms with E-state index < -0.39 is 0 Å². The van der Waals surface area contributed by atoms with Crippen molar-refractivity contribution in [3.8, 4) is 0 Å². The van der Waals surface area contributed by atoms with E-state index in [4.69, 9.17) is 4.74 Å². The van der Waals surface area contributed by atoms with Gasteiger partial charge in [-0.15, -0.1) is 0 Å². The summed E-state index contributed by atoms with van der Waals surface area (Å²) in [6, 6.07) is 5.07. The van der Waals surface area contributed by atoms with Crippen LogP contribution in [0.4, 0.5) is 0 Å². The van der Waals surface area contributed by atoms with Crippen LogP contribution in [0, 0.1) is 0 Å². The molecule has 1 aliphatic heterocycles. The van der Waals surface area contributed by atoms with Gasteiger partial charge in [0.05, 0.1) is 24.8 Å². The van der Waals surface area contributed by atoms with Crippen molar-refractivity contribution in [2.75, 3.05) is 20.3 Å². The third-order valence-corrected chi connectivity index (χ3v) is 4.36. The van der Waals surface area contributed by atoms with E-state index in [0.717, 1.165) is 19.4 Å². The number of aromatic nitrogens is 3. The second-order valence-corrected chi connectivity index (χ2v) is 5.96. The van der Waals surface area contributed by atoms with Crippen LogP contribution in [0.15, 0.2) is 41.6 Å². The standard InChI is InChI=1S/C17H22N4O3/c1-24-11-10-19-12-14(5-6-16(19)22)17(23)21-9-2-4-15(21)13-20-8-3-7-18-20/h3,5-8,12,15H,2,4,9-11,13H2,1H3/t15-/m1/s1. The molecule has 0 aliphatic carbocycles. The Kier molecular flexibility index (Phi) is 5.10. The summed E-state index contributed by atoms with van der Waals surface area (Å²) in [5.41, 5.74) is 0.413. The van der Waals surface area contributed by atoms with E-state index in [9.17, 15) is 9.59 Å². The van der Waals surface area contributed by atoms with E-state index in [0.29, 0.717) is 25.3 Å². The molecule has 3 heterocycles. The number of carbonyl (C=O) groups is 1. The zero-order valence-corrected chi connectivity index (χ0v) is 13.8.